The van der Waals surface area contributed by atoms with Crippen molar-refractivity contribution < 1.29 is 23.7 Å². The molecule has 1 aromatic carbocycles. The van der Waals surface area contributed by atoms with Gasteiger partial charge in [0.15, 0.2) is 0 Å². The highest BCUT2D eigenvalue weighted by Crippen LogP contribution is 2.34. The van der Waals surface area contributed by atoms with Gasteiger partial charge in [-0.05, 0) is 30.0 Å². The van der Waals surface area contributed by atoms with Gasteiger partial charge < -0.3 is 13.9 Å². The van der Waals surface area contributed by atoms with Crippen LogP contribution in [-0.2, 0) is 4.79 Å². The number of hydrogen-bond acceptors (Lipinski definition) is 8. The number of nitro groups is 1. The maximum Gasteiger partial charge on any atom is 0.342 e. The number of carbonyl (C=O) groups is 1. The van der Waals surface area contributed by atoms with Crippen LogP contribution in [0.3, 0.4) is 0 Å². The summed E-state index contributed by atoms with van der Waals surface area (Å²) in [5.41, 5.74) is 0.180. The van der Waals surface area contributed by atoms with Gasteiger partial charge in [-0.2, -0.15) is 0 Å². The zero-order valence-corrected chi connectivity index (χ0v) is 15.2. The van der Waals surface area contributed by atoms with E-state index in [1.165, 1.54) is 36.4 Å². The van der Waals surface area contributed by atoms with Crippen molar-refractivity contribution in [3.63, 3.8) is 0 Å². The van der Waals surface area contributed by atoms with Crippen molar-refractivity contribution in [2.45, 2.75) is 12.1 Å². The van der Waals surface area contributed by atoms with Gasteiger partial charge in [-0.25, -0.2) is 4.79 Å². The Morgan fingerprint density at radius 1 is 1.30 bits per heavy atom. The number of nitrogens with zero attached hydrogens (tertiary/aromatic N) is 3. The Kier molecular flexibility index (Phi) is 5.28. The average Bonchev–Trinajstić information content (AvgIpc) is 3.23. The highest BCUT2D eigenvalue weighted by atomic mass is 35.5. The predicted octanol–water partition coefficient (Wildman–Crippen LogP) is 4.42. The molecule has 3 rings (SSSR count). The van der Waals surface area contributed by atoms with E-state index < -0.39 is 10.9 Å². The van der Waals surface area contributed by atoms with Crippen LogP contribution in [0.15, 0.2) is 49.3 Å². The number of carboxylic acid groups (broad SMARTS) is 1. The van der Waals surface area contributed by atoms with Crippen molar-refractivity contribution in [1.29, 1.82) is 0 Å². The molecule has 0 aliphatic rings. The Labute approximate surface area is 160 Å². The molecule has 0 saturated carbocycles. The fraction of sp³-hybridized carbons (Fsp3) is 0.0625. The SMILES string of the molecule is Cc1nnc(S/C(=C/c2ccc(-c3cc([N+](=O)[O-])ccc3Cl)o2)C(=O)O)o1. The molecule has 9 nitrogen and oxygen atoms in total. The highest BCUT2D eigenvalue weighted by Gasteiger charge is 2.17. The Hall–Kier alpha value is -3.11. The first-order chi connectivity index (χ1) is 12.8. The minimum Gasteiger partial charge on any atom is -0.477 e. The number of nitro benzene ring substituents is 1. The number of benzene rings is 1. The molecule has 0 radical (unpaired) electrons. The lowest BCUT2D eigenvalue weighted by molar-refractivity contribution is -0.384. The fourth-order valence-corrected chi connectivity index (χ4v) is 2.97. The second kappa shape index (κ2) is 7.64. The summed E-state index contributed by atoms with van der Waals surface area (Å²) >= 11 is 6.86. The van der Waals surface area contributed by atoms with Crippen molar-refractivity contribution in [1.82, 2.24) is 10.2 Å². The van der Waals surface area contributed by atoms with Crippen LogP contribution in [0.4, 0.5) is 5.69 Å². The number of thioether (sulfide) groups is 1. The molecular formula is C16H10ClN3O6S. The number of rotatable bonds is 6. The lowest BCUT2D eigenvalue weighted by Gasteiger charge is -2.01. The van der Waals surface area contributed by atoms with E-state index in [-0.39, 0.29) is 32.4 Å². The third kappa shape index (κ3) is 4.36. The lowest BCUT2D eigenvalue weighted by atomic mass is 10.1. The van der Waals surface area contributed by atoms with Gasteiger partial charge in [-0.1, -0.05) is 11.6 Å². The normalized spacial score (nSPS) is 11.6. The molecule has 11 heteroatoms. The number of aromatic nitrogens is 2. The summed E-state index contributed by atoms with van der Waals surface area (Å²) in [6, 6.07) is 7.01. The van der Waals surface area contributed by atoms with Gasteiger partial charge >= 0.3 is 5.97 Å². The molecule has 0 aliphatic heterocycles. The molecule has 1 N–H and O–H groups in total. The van der Waals surface area contributed by atoms with E-state index in [4.69, 9.17) is 20.4 Å². The van der Waals surface area contributed by atoms with E-state index in [0.29, 0.717) is 11.5 Å². The smallest absolute Gasteiger partial charge is 0.342 e. The zero-order valence-electron chi connectivity index (χ0n) is 13.6. The molecule has 0 amide bonds. The minimum atomic E-state index is -1.21. The first-order valence-electron chi connectivity index (χ1n) is 7.30. The summed E-state index contributed by atoms with van der Waals surface area (Å²) in [5.74, 6) is -0.419. The summed E-state index contributed by atoms with van der Waals surface area (Å²) in [5, 5.41) is 28.0. The summed E-state index contributed by atoms with van der Waals surface area (Å²) in [7, 11) is 0. The van der Waals surface area contributed by atoms with E-state index in [2.05, 4.69) is 10.2 Å². The van der Waals surface area contributed by atoms with E-state index in [9.17, 15) is 20.0 Å². The van der Waals surface area contributed by atoms with Gasteiger partial charge in [0.05, 0.1) is 9.95 Å². The Bertz CT molecular complexity index is 1060. The van der Waals surface area contributed by atoms with Crippen LogP contribution in [0.1, 0.15) is 11.7 Å². The summed E-state index contributed by atoms with van der Waals surface area (Å²) in [6.45, 7) is 1.59. The van der Waals surface area contributed by atoms with Crippen LogP contribution in [-0.4, -0.2) is 26.2 Å². The molecule has 0 fully saturated rings. The monoisotopic (exact) mass is 407 g/mol. The molecule has 2 aromatic heterocycles. The van der Waals surface area contributed by atoms with Crippen LogP contribution in [0.25, 0.3) is 17.4 Å². The molecule has 0 unspecified atom stereocenters. The van der Waals surface area contributed by atoms with Crippen molar-refractivity contribution in [3.8, 4) is 11.3 Å². The van der Waals surface area contributed by atoms with E-state index >= 15 is 0 Å². The van der Waals surface area contributed by atoms with Gasteiger partial charge in [-0.15, -0.1) is 10.2 Å². The van der Waals surface area contributed by atoms with Gasteiger partial charge in [-0.3, -0.25) is 10.1 Å². The van der Waals surface area contributed by atoms with Crippen LogP contribution in [0.5, 0.6) is 0 Å². The van der Waals surface area contributed by atoms with Gasteiger partial charge in [0.1, 0.15) is 16.4 Å². The number of hydrogen-bond donors (Lipinski definition) is 1. The molecule has 0 saturated heterocycles. The molecule has 138 valence electrons. The highest BCUT2D eigenvalue weighted by molar-refractivity contribution is 8.03. The van der Waals surface area contributed by atoms with Gasteiger partial charge in [0, 0.05) is 30.7 Å². The number of furan rings is 1. The molecule has 0 spiro atoms. The van der Waals surface area contributed by atoms with Crippen molar-refractivity contribution in [3.05, 3.63) is 62.0 Å². The molecule has 27 heavy (non-hydrogen) atoms. The first-order valence-corrected chi connectivity index (χ1v) is 8.50. The van der Waals surface area contributed by atoms with Crippen molar-refractivity contribution >= 4 is 41.1 Å². The predicted molar refractivity (Wildman–Crippen MR) is 96.3 cm³/mol. The molecular weight excluding hydrogens is 398 g/mol. The maximum absolute atomic E-state index is 11.4. The van der Waals surface area contributed by atoms with Crippen LogP contribution < -0.4 is 0 Å². The number of non-ortho nitro benzene ring substituents is 1. The minimum absolute atomic E-state index is 0.0784. The van der Waals surface area contributed by atoms with E-state index in [1.807, 2.05) is 0 Å². The largest absolute Gasteiger partial charge is 0.477 e. The maximum atomic E-state index is 11.4. The summed E-state index contributed by atoms with van der Waals surface area (Å²) in [6.07, 6.45) is 1.28. The topological polar surface area (TPSA) is 132 Å². The third-order valence-electron chi connectivity index (χ3n) is 3.24. The number of halogens is 1. The molecule has 0 atom stereocenters. The van der Waals surface area contributed by atoms with Gasteiger partial charge in [0.25, 0.3) is 10.9 Å². The molecule has 2 heterocycles. The van der Waals surface area contributed by atoms with Crippen LogP contribution >= 0.6 is 23.4 Å². The Balaban J connectivity index is 1.92. The standard InChI is InChI=1S/C16H10ClN3O6S/c1-8-18-19-16(25-8)27-14(15(21)22)7-10-3-5-13(26-10)11-6-9(20(23)24)2-4-12(11)17/h2-7H,1H3,(H,21,22)/b14-7+. The average molecular weight is 408 g/mol. The first kappa shape index (κ1) is 18.7. The van der Waals surface area contributed by atoms with E-state index in [0.717, 1.165) is 11.8 Å². The molecule has 0 aliphatic carbocycles. The quantitative estimate of drug-likeness (QED) is 0.273. The Morgan fingerprint density at radius 3 is 2.70 bits per heavy atom. The summed E-state index contributed by atoms with van der Waals surface area (Å²) in [4.78, 5) is 21.7. The Morgan fingerprint density at radius 2 is 2.07 bits per heavy atom. The number of carboxylic acids is 1. The van der Waals surface area contributed by atoms with Crippen LogP contribution in [0, 0.1) is 17.0 Å². The molecule has 3 aromatic rings. The second-order valence-electron chi connectivity index (χ2n) is 5.13. The molecule has 0 bridgehead atoms. The van der Waals surface area contributed by atoms with Crippen molar-refractivity contribution in [2.24, 2.45) is 0 Å². The lowest BCUT2D eigenvalue weighted by Crippen LogP contribution is -1.96. The summed E-state index contributed by atoms with van der Waals surface area (Å²) < 4.78 is 10.7. The van der Waals surface area contributed by atoms with Crippen LogP contribution in [0.2, 0.25) is 5.02 Å². The second-order valence-corrected chi connectivity index (χ2v) is 6.53. The third-order valence-corrected chi connectivity index (χ3v) is 4.42. The zero-order chi connectivity index (χ0) is 19.6. The van der Waals surface area contributed by atoms with Crippen molar-refractivity contribution in [2.75, 3.05) is 0 Å². The number of aliphatic carboxylic acids is 1. The number of aryl methyl sites for hydroxylation is 1. The fourth-order valence-electron chi connectivity index (χ4n) is 2.07. The van der Waals surface area contributed by atoms with E-state index in [1.54, 1.807) is 6.92 Å². The van der Waals surface area contributed by atoms with Gasteiger partial charge in [0.2, 0.25) is 5.89 Å².